The summed E-state index contributed by atoms with van der Waals surface area (Å²) in [5.74, 6) is 0. The van der Waals surface area contributed by atoms with Crippen LogP contribution >= 0.6 is 0 Å². The number of allylic oxidation sites excluding steroid dienone is 1. The first-order chi connectivity index (χ1) is 5.52. The Bertz CT molecular complexity index is 169. The number of aliphatic hydroxyl groups is 1. The highest BCUT2D eigenvalue weighted by Crippen LogP contribution is 2.20. The van der Waals surface area contributed by atoms with E-state index in [1.165, 1.54) is 6.08 Å². The number of hydrogen-bond donors (Lipinski definition) is 1. The summed E-state index contributed by atoms with van der Waals surface area (Å²) < 4.78 is 0. The minimum absolute atomic E-state index is 0.583. The van der Waals surface area contributed by atoms with Gasteiger partial charge in [0.15, 0.2) is 0 Å². The van der Waals surface area contributed by atoms with E-state index in [4.69, 9.17) is 0 Å². The summed E-state index contributed by atoms with van der Waals surface area (Å²) in [6.45, 7) is 5.70. The van der Waals surface area contributed by atoms with Crippen LogP contribution in [0.4, 0.5) is 0 Å². The molecule has 0 amide bonds. The Morgan fingerprint density at radius 3 is 2.58 bits per heavy atom. The predicted octanol–water partition coefficient (Wildman–Crippen LogP) is 2.07. The molecule has 2 heteroatoms. The van der Waals surface area contributed by atoms with E-state index in [0.717, 1.165) is 24.7 Å². The lowest BCUT2D eigenvalue weighted by molar-refractivity contribution is -0.104. The molecule has 0 spiro atoms. The molecule has 12 heavy (non-hydrogen) atoms. The number of carbonyl (C=O) groups is 1. The molecule has 0 saturated carbocycles. The lowest BCUT2D eigenvalue weighted by Gasteiger charge is -2.22. The van der Waals surface area contributed by atoms with Gasteiger partial charge in [-0.15, -0.1) is 0 Å². The van der Waals surface area contributed by atoms with Crippen LogP contribution in [0.5, 0.6) is 0 Å². The fourth-order valence-corrected chi connectivity index (χ4v) is 1.40. The van der Waals surface area contributed by atoms with Crippen LogP contribution < -0.4 is 0 Å². The molecular weight excluding hydrogens is 152 g/mol. The molecule has 70 valence electrons. The van der Waals surface area contributed by atoms with Crippen molar-refractivity contribution in [2.24, 2.45) is 0 Å². The minimum atomic E-state index is -0.654. The Morgan fingerprint density at radius 2 is 2.17 bits per heavy atom. The fourth-order valence-electron chi connectivity index (χ4n) is 1.40. The Labute approximate surface area is 74.3 Å². The van der Waals surface area contributed by atoms with Gasteiger partial charge in [0.25, 0.3) is 0 Å². The average Bonchev–Trinajstić information content (AvgIpc) is 1.85. The van der Waals surface area contributed by atoms with Gasteiger partial charge in [-0.2, -0.15) is 0 Å². The average molecular weight is 170 g/mol. The first kappa shape index (κ1) is 11.4. The molecule has 2 nitrogen and oxygen atoms in total. The minimum Gasteiger partial charge on any atom is -0.390 e. The van der Waals surface area contributed by atoms with Crippen LogP contribution in [0.1, 0.15) is 40.0 Å². The van der Waals surface area contributed by atoms with Crippen LogP contribution in [0, 0.1) is 0 Å². The van der Waals surface area contributed by atoms with Gasteiger partial charge in [0.2, 0.25) is 0 Å². The standard InChI is InChI=1S/C10H18O2/c1-4-6-10(3,12)8-9(2)5-7-11/h5,7,12H,4,6,8H2,1-3H3/b9-5+. The zero-order chi connectivity index (χ0) is 9.61. The van der Waals surface area contributed by atoms with Crippen molar-refractivity contribution in [1.29, 1.82) is 0 Å². The van der Waals surface area contributed by atoms with Gasteiger partial charge in [-0.05, 0) is 32.8 Å². The van der Waals surface area contributed by atoms with Gasteiger partial charge < -0.3 is 5.11 Å². The van der Waals surface area contributed by atoms with Crippen LogP contribution in [-0.4, -0.2) is 17.0 Å². The third-order valence-corrected chi connectivity index (χ3v) is 1.80. The normalized spacial score (nSPS) is 17.2. The van der Waals surface area contributed by atoms with Crippen molar-refractivity contribution >= 4 is 6.29 Å². The number of aldehydes is 1. The molecule has 0 aromatic carbocycles. The quantitative estimate of drug-likeness (QED) is 0.506. The summed E-state index contributed by atoms with van der Waals surface area (Å²) in [7, 11) is 0. The largest absolute Gasteiger partial charge is 0.390 e. The van der Waals surface area contributed by atoms with Gasteiger partial charge in [0.05, 0.1) is 5.60 Å². The SMILES string of the molecule is CCCC(C)(O)C/C(C)=C/C=O. The Hall–Kier alpha value is -0.630. The van der Waals surface area contributed by atoms with Gasteiger partial charge in [-0.3, -0.25) is 4.79 Å². The van der Waals surface area contributed by atoms with Crippen molar-refractivity contribution in [3.63, 3.8) is 0 Å². The van der Waals surface area contributed by atoms with Crippen molar-refractivity contribution in [2.45, 2.75) is 45.6 Å². The molecule has 0 aliphatic heterocycles. The molecular formula is C10H18O2. The monoisotopic (exact) mass is 170 g/mol. The zero-order valence-corrected chi connectivity index (χ0v) is 8.13. The summed E-state index contributed by atoms with van der Waals surface area (Å²) in [6, 6.07) is 0. The third kappa shape index (κ3) is 5.08. The second kappa shape index (κ2) is 5.09. The maximum absolute atomic E-state index is 10.1. The number of hydrogen-bond acceptors (Lipinski definition) is 2. The summed E-state index contributed by atoms with van der Waals surface area (Å²) in [5, 5.41) is 9.75. The van der Waals surface area contributed by atoms with Crippen LogP contribution in [0.2, 0.25) is 0 Å². The molecule has 0 bridgehead atoms. The van der Waals surface area contributed by atoms with Gasteiger partial charge in [-0.1, -0.05) is 18.9 Å². The summed E-state index contributed by atoms with van der Waals surface area (Å²) in [4.78, 5) is 10.1. The smallest absolute Gasteiger partial charge is 0.142 e. The second-order valence-electron chi connectivity index (χ2n) is 3.57. The number of rotatable bonds is 5. The third-order valence-electron chi connectivity index (χ3n) is 1.80. The Kier molecular flexibility index (Phi) is 4.83. The van der Waals surface area contributed by atoms with Gasteiger partial charge in [-0.25, -0.2) is 0 Å². The summed E-state index contributed by atoms with van der Waals surface area (Å²) in [5.41, 5.74) is 0.279. The molecule has 0 radical (unpaired) electrons. The molecule has 0 aromatic rings. The van der Waals surface area contributed by atoms with E-state index in [2.05, 4.69) is 0 Å². The summed E-state index contributed by atoms with van der Waals surface area (Å²) in [6.07, 6.45) is 4.58. The van der Waals surface area contributed by atoms with E-state index >= 15 is 0 Å². The molecule has 0 aliphatic carbocycles. The molecule has 0 aliphatic rings. The van der Waals surface area contributed by atoms with Crippen LogP contribution in [-0.2, 0) is 4.79 Å². The molecule has 1 atom stereocenters. The molecule has 0 fully saturated rings. The van der Waals surface area contributed by atoms with Crippen molar-refractivity contribution < 1.29 is 9.90 Å². The molecule has 0 saturated heterocycles. The zero-order valence-electron chi connectivity index (χ0n) is 8.13. The van der Waals surface area contributed by atoms with E-state index in [1.807, 2.05) is 13.8 Å². The number of carbonyl (C=O) groups excluding carboxylic acids is 1. The van der Waals surface area contributed by atoms with Crippen molar-refractivity contribution in [1.82, 2.24) is 0 Å². The van der Waals surface area contributed by atoms with Gasteiger partial charge in [0.1, 0.15) is 6.29 Å². The maximum atomic E-state index is 10.1. The molecule has 0 aromatic heterocycles. The molecule has 1 unspecified atom stereocenters. The van der Waals surface area contributed by atoms with E-state index < -0.39 is 5.60 Å². The van der Waals surface area contributed by atoms with Gasteiger partial charge >= 0.3 is 0 Å². The predicted molar refractivity (Wildman–Crippen MR) is 50.0 cm³/mol. The lowest BCUT2D eigenvalue weighted by atomic mass is 9.93. The second-order valence-corrected chi connectivity index (χ2v) is 3.57. The van der Waals surface area contributed by atoms with Crippen LogP contribution in [0.3, 0.4) is 0 Å². The Morgan fingerprint density at radius 1 is 1.58 bits per heavy atom. The lowest BCUT2D eigenvalue weighted by Crippen LogP contribution is -2.23. The Balaban J connectivity index is 4.04. The molecule has 1 N–H and O–H groups in total. The maximum Gasteiger partial charge on any atom is 0.142 e. The highest BCUT2D eigenvalue weighted by atomic mass is 16.3. The van der Waals surface area contributed by atoms with Crippen LogP contribution in [0.15, 0.2) is 11.6 Å². The van der Waals surface area contributed by atoms with Crippen molar-refractivity contribution in [3.05, 3.63) is 11.6 Å². The highest BCUT2D eigenvalue weighted by Gasteiger charge is 2.18. The van der Waals surface area contributed by atoms with E-state index in [0.29, 0.717) is 6.42 Å². The summed E-state index contributed by atoms with van der Waals surface area (Å²) >= 11 is 0. The van der Waals surface area contributed by atoms with Crippen LogP contribution in [0.25, 0.3) is 0 Å². The van der Waals surface area contributed by atoms with E-state index in [-0.39, 0.29) is 0 Å². The molecule has 0 rings (SSSR count). The van der Waals surface area contributed by atoms with Crippen molar-refractivity contribution in [3.8, 4) is 0 Å². The van der Waals surface area contributed by atoms with E-state index in [1.54, 1.807) is 6.92 Å². The highest BCUT2D eigenvalue weighted by molar-refractivity contribution is 5.65. The first-order valence-corrected chi connectivity index (χ1v) is 4.35. The van der Waals surface area contributed by atoms with E-state index in [9.17, 15) is 9.90 Å². The molecule has 0 heterocycles. The topological polar surface area (TPSA) is 37.3 Å². The van der Waals surface area contributed by atoms with Gasteiger partial charge in [0, 0.05) is 0 Å². The van der Waals surface area contributed by atoms with Crippen molar-refractivity contribution in [2.75, 3.05) is 0 Å². The fraction of sp³-hybridized carbons (Fsp3) is 0.700. The first-order valence-electron chi connectivity index (χ1n) is 4.35.